The van der Waals surface area contributed by atoms with Crippen molar-refractivity contribution in [2.24, 2.45) is 10.8 Å². The fraction of sp³-hybridized carbons (Fsp3) is 0.500. The predicted molar refractivity (Wildman–Crippen MR) is 42.6 cm³/mol. The van der Waals surface area contributed by atoms with Gasteiger partial charge in [-0.05, 0) is 13.8 Å². The first kappa shape index (κ1) is 12.8. The molecule has 0 rings (SSSR count). The molecule has 0 aliphatic heterocycles. The monoisotopic (exact) mass is 177 g/mol. The molecule has 0 aromatic rings. The molecular formula is C4H11N5O3. The molecule has 0 saturated heterocycles. The van der Waals surface area contributed by atoms with Crippen LogP contribution in [0, 0.1) is 15.5 Å². The summed E-state index contributed by atoms with van der Waals surface area (Å²) in [5, 5.41) is 23.9. The molecule has 8 heteroatoms. The van der Waals surface area contributed by atoms with Gasteiger partial charge < -0.3 is 10.9 Å². The maximum atomic E-state index is 8.36. The van der Waals surface area contributed by atoms with Gasteiger partial charge in [-0.3, -0.25) is 5.41 Å². The fourth-order valence-corrected chi connectivity index (χ4v) is 0.172. The molecule has 0 atom stereocenters. The van der Waals surface area contributed by atoms with E-state index in [9.17, 15) is 0 Å². The molecule has 8 nitrogen and oxygen atoms in total. The Bertz CT molecular complexity index is 181. The Hall–Kier alpha value is -1.86. The molecule has 0 aliphatic rings. The van der Waals surface area contributed by atoms with Gasteiger partial charge in [0.1, 0.15) is 0 Å². The normalized spacial score (nSPS) is 7.17. The van der Waals surface area contributed by atoms with E-state index in [0.29, 0.717) is 0 Å². The molecule has 0 aromatic heterocycles. The Morgan fingerprint density at radius 1 is 1.75 bits per heavy atom. The minimum absolute atomic E-state index is 0.133. The summed E-state index contributed by atoms with van der Waals surface area (Å²) in [4.78, 5) is 8.36. The molecule has 5 N–H and O–H groups in total. The third-order valence-corrected chi connectivity index (χ3v) is 0.400. The van der Waals surface area contributed by atoms with Crippen LogP contribution in [0.2, 0.25) is 0 Å². The molecule has 0 aliphatic carbocycles. The number of nitrogens with one attached hydrogen (secondary N) is 2. The molecular weight excluding hydrogens is 166 g/mol. The summed E-state index contributed by atoms with van der Waals surface area (Å²) in [5.74, 6) is -0.133. The van der Waals surface area contributed by atoms with Crippen molar-refractivity contribution in [3.8, 4) is 0 Å². The van der Waals surface area contributed by atoms with E-state index < -0.39 is 5.09 Å². The van der Waals surface area contributed by atoms with Gasteiger partial charge in [-0.15, -0.1) is 10.1 Å². The Morgan fingerprint density at radius 2 is 2.08 bits per heavy atom. The van der Waals surface area contributed by atoms with E-state index in [-0.39, 0.29) is 5.96 Å². The van der Waals surface area contributed by atoms with Crippen molar-refractivity contribution in [3.05, 3.63) is 10.1 Å². The van der Waals surface area contributed by atoms with Crippen LogP contribution in [0.4, 0.5) is 0 Å². The lowest BCUT2D eigenvalue weighted by molar-refractivity contribution is -0.742. The van der Waals surface area contributed by atoms with Crippen LogP contribution < -0.4 is 11.2 Å². The van der Waals surface area contributed by atoms with Crippen molar-refractivity contribution < 1.29 is 10.3 Å². The highest BCUT2D eigenvalue weighted by Gasteiger charge is 1.78. The highest BCUT2D eigenvalue weighted by Crippen LogP contribution is 1.66. The second-order valence-electron chi connectivity index (χ2n) is 1.82. The van der Waals surface area contributed by atoms with Gasteiger partial charge in [0.15, 0.2) is 0 Å². The number of hydrazone groups is 1. The second kappa shape index (κ2) is 7.25. The summed E-state index contributed by atoms with van der Waals surface area (Å²) in [7, 11) is 0. The van der Waals surface area contributed by atoms with Crippen LogP contribution in [-0.2, 0) is 0 Å². The highest BCUT2D eigenvalue weighted by molar-refractivity contribution is 5.81. The maximum absolute atomic E-state index is 8.36. The van der Waals surface area contributed by atoms with Gasteiger partial charge >= 0.3 is 0 Å². The van der Waals surface area contributed by atoms with E-state index in [0.717, 1.165) is 5.71 Å². The Kier molecular flexibility index (Phi) is 7.72. The van der Waals surface area contributed by atoms with E-state index in [1.807, 2.05) is 13.8 Å². The molecule has 0 bridgehead atoms. The van der Waals surface area contributed by atoms with Gasteiger partial charge in [0.25, 0.3) is 5.09 Å². The minimum Gasteiger partial charge on any atom is -0.369 e. The van der Waals surface area contributed by atoms with Crippen molar-refractivity contribution in [1.82, 2.24) is 5.43 Å². The molecule has 0 spiro atoms. The van der Waals surface area contributed by atoms with E-state index >= 15 is 0 Å². The van der Waals surface area contributed by atoms with Crippen molar-refractivity contribution >= 4 is 11.7 Å². The topological polar surface area (TPSA) is 138 Å². The molecule has 0 radical (unpaired) electrons. The van der Waals surface area contributed by atoms with Gasteiger partial charge in [0.05, 0.1) is 0 Å². The first-order chi connectivity index (χ1) is 5.36. The SMILES string of the molecule is CC(C)=NNC(=N)N.O=[N+]([O-])O. The van der Waals surface area contributed by atoms with E-state index in [4.69, 9.17) is 26.5 Å². The Balaban J connectivity index is 0. The molecule has 0 unspecified atom stereocenters. The zero-order valence-electron chi connectivity index (χ0n) is 6.74. The average molecular weight is 177 g/mol. The van der Waals surface area contributed by atoms with Crippen LogP contribution in [0.5, 0.6) is 0 Å². The summed E-state index contributed by atoms with van der Waals surface area (Å²) in [6.45, 7) is 3.63. The second-order valence-corrected chi connectivity index (χ2v) is 1.82. The number of hydrogen-bond acceptors (Lipinski definition) is 4. The number of guanidine groups is 1. The first-order valence-corrected chi connectivity index (χ1v) is 2.80. The quantitative estimate of drug-likeness (QED) is 0.185. The van der Waals surface area contributed by atoms with Crippen LogP contribution in [0.3, 0.4) is 0 Å². The van der Waals surface area contributed by atoms with Gasteiger partial charge in [-0.25, -0.2) is 5.43 Å². The first-order valence-electron chi connectivity index (χ1n) is 2.80. The summed E-state index contributed by atoms with van der Waals surface area (Å²) in [6.07, 6.45) is 0. The standard InChI is InChI=1S/C4H10N4.HNO3/c1-3(2)7-8-4(5)6;2-1(3)4/h1-2H3,(H4,5,6,8);(H,2,3,4). The van der Waals surface area contributed by atoms with Crippen LogP contribution in [-0.4, -0.2) is 22.0 Å². The number of nitrogens with two attached hydrogens (primary N) is 1. The van der Waals surface area contributed by atoms with Crippen molar-refractivity contribution in [1.29, 1.82) is 5.41 Å². The van der Waals surface area contributed by atoms with Gasteiger partial charge in [0.2, 0.25) is 5.96 Å². The average Bonchev–Trinajstić information content (AvgIpc) is 1.82. The lowest BCUT2D eigenvalue weighted by Crippen LogP contribution is -2.25. The third kappa shape index (κ3) is 42.1. The van der Waals surface area contributed by atoms with E-state index in [1.165, 1.54) is 0 Å². The zero-order chi connectivity index (χ0) is 10.1. The maximum Gasteiger partial charge on any atom is 0.291 e. The van der Waals surface area contributed by atoms with E-state index in [2.05, 4.69) is 10.5 Å². The Labute approximate surface area is 68.7 Å². The molecule has 0 amide bonds. The van der Waals surface area contributed by atoms with Gasteiger partial charge in [0, 0.05) is 5.71 Å². The number of rotatable bonds is 1. The zero-order valence-corrected chi connectivity index (χ0v) is 6.74. The molecule has 0 saturated carbocycles. The number of nitrogens with zero attached hydrogens (tertiary/aromatic N) is 2. The minimum atomic E-state index is -1.50. The summed E-state index contributed by atoms with van der Waals surface area (Å²) in [6, 6.07) is 0. The fourth-order valence-electron chi connectivity index (χ4n) is 0.172. The van der Waals surface area contributed by atoms with Crippen molar-refractivity contribution in [2.75, 3.05) is 0 Å². The van der Waals surface area contributed by atoms with Crippen LogP contribution >= 0.6 is 0 Å². The highest BCUT2D eigenvalue weighted by atomic mass is 16.9. The van der Waals surface area contributed by atoms with E-state index in [1.54, 1.807) is 0 Å². The lowest BCUT2D eigenvalue weighted by atomic mass is 10.5. The summed E-state index contributed by atoms with van der Waals surface area (Å²) in [5.41, 5.74) is 8.05. The van der Waals surface area contributed by atoms with Gasteiger partial charge in [-0.2, -0.15) is 5.10 Å². The third-order valence-electron chi connectivity index (χ3n) is 0.400. The summed E-state index contributed by atoms with van der Waals surface area (Å²) >= 11 is 0. The van der Waals surface area contributed by atoms with Crippen LogP contribution in [0.1, 0.15) is 13.8 Å². The largest absolute Gasteiger partial charge is 0.369 e. The predicted octanol–water partition coefficient (Wildman–Crippen LogP) is -0.482. The van der Waals surface area contributed by atoms with Gasteiger partial charge in [-0.1, -0.05) is 0 Å². The molecule has 0 aromatic carbocycles. The van der Waals surface area contributed by atoms with Crippen LogP contribution in [0.15, 0.2) is 5.10 Å². The van der Waals surface area contributed by atoms with Crippen molar-refractivity contribution in [2.45, 2.75) is 13.8 Å². The lowest BCUT2D eigenvalue weighted by Gasteiger charge is -1.93. The smallest absolute Gasteiger partial charge is 0.291 e. The summed E-state index contributed by atoms with van der Waals surface area (Å²) < 4.78 is 0. The van der Waals surface area contributed by atoms with Crippen LogP contribution in [0.25, 0.3) is 0 Å². The molecule has 0 heterocycles. The molecule has 12 heavy (non-hydrogen) atoms. The molecule has 70 valence electrons. The Morgan fingerprint density at radius 3 is 2.17 bits per heavy atom. The molecule has 0 fully saturated rings. The van der Waals surface area contributed by atoms with Crippen molar-refractivity contribution in [3.63, 3.8) is 0 Å². The number of hydrogen-bond donors (Lipinski definition) is 4.